The van der Waals surface area contributed by atoms with E-state index >= 15 is 0 Å². The van der Waals surface area contributed by atoms with Crippen LogP contribution in [0.3, 0.4) is 0 Å². The summed E-state index contributed by atoms with van der Waals surface area (Å²) in [7, 11) is -3.89. The number of rotatable bonds is 9. The van der Waals surface area contributed by atoms with Gasteiger partial charge >= 0.3 is 5.97 Å². The number of carbonyl (C=O) groups is 1. The zero-order chi connectivity index (χ0) is 21.6. The maximum Gasteiger partial charge on any atom is 0.324 e. The first kappa shape index (κ1) is 23.1. The summed E-state index contributed by atoms with van der Waals surface area (Å²) in [5.41, 5.74) is 0.863. The predicted molar refractivity (Wildman–Crippen MR) is 111 cm³/mol. The number of sulfonamides is 1. The van der Waals surface area contributed by atoms with Crippen molar-refractivity contribution >= 4 is 27.8 Å². The molecular weight excluding hydrogens is 414 g/mol. The lowest BCUT2D eigenvalue weighted by Crippen LogP contribution is -2.42. The Morgan fingerprint density at radius 1 is 1.28 bits per heavy atom. The van der Waals surface area contributed by atoms with Crippen LogP contribution in [0.1, 0.15) is 31.5 Å². The highest BCUT2D eigenvalue weighted by Gasteiger charge is 2.28. The van der Waals surface area contributed by atoms with Crippen molar-refractivity contribution in [2.75, 3.05) is 6.26 Å². The molecule has 0 unspecified atom stereocenters. The number of nitrogens with one attached hydrogen (secondary N) is 2. The number of H-pyrrole nitrogens is 1. The van der Waals surface area contributed by atoms with Gasteiger partial charge in [0.1, 0.15) is 12.6 Å². The fraction of sp³-hybridized carbons (Fsp3) is 0.421. The molecule has 29 heavy (non-hydrogen) atoms. The molecule has 0 radical (unpaired) electrons. The van der Waals surface area contributed by atoms with E-state index in [1.54, 1.807) is 18.4 Å². The normalized spacial score (nSPS) is 12.7. The van der Waals surface area contributed by atoms with Crippen LogP contribution >= 0.6 is 11.8 Å². The molecule has 0 amide bonds. The topological polar surface area (TPSA) is 118 Å². The van der Waals surface area contributed by atoms with Crippen molar-refractivity contribution in [3.05, 3.63) is 51.9 Å². The van der Waals surface area contributed by atoms with E-state index in [1.165, 1.54) is 30.0 Å². The van der Waals surface area contributed by atoms with E-state index in [0.717, 1.165) is 5.56 Å². The molecule has 158 valence electrons. The van der Waals surface area contributed by atoms with Crippen molar-refractivity contribution in [2.45, 2.75) is 49.9 Å². The molecule has 1 aromatic carbocycles. The highest BCUT2D eigenvalue weighted by Crippen LogP contribution is 2.15. The van der Waals surface area contributed by atoms with E-state index in [-0.39, 0.29) is 35.1 Å². The number of aromatic amines is 1. The second-order valence-corrected chi connectivity index (χ2v) is 9.48. The Morgan fingerprint density at radius 3 is 2.52 bits per heavy atom. The molecule has 0 aliphatic rings. The third kappa shape index (κ3) is 6.98. The summed E-state index contributed by atoms with van der Waals surface area (Å²) in [5, 5.41) is 0.405. The molecule has 0 bridgehead atoms. The number of aromatic nitrogens is 2. The minimum absolute atomic E-state index is 0.0501. The first-order valence-corrected chi connectivity index (χ1v) is 11.7. The summed E-state index contributed by atoms with van der Waals surface area (Å²) in [5.74, 6) is -0.670. The summed E-state index contributed by atoms with van der Waals surface area (Å²) < 4.78 is 33.0. The lowest BCUT2D eigenvalue weighted by Gasteiger charge is -2.19. The number of hydrogen-bond donors (Lipinski definition) is 2. The monoisotopic (exact) mass is 439 g/mol. The Labute approximate surface area is 174 Å². The van der Waals surface area contributed by atoms with Crippen molar-refractivity contribution in [2.24, 2.45) is 5.92 Å². The minimum atomic E-state index is -3.89. The average Bonchev–Trinajstić information content (AvgIpc) is 2.65. The van der Waals surface area contributed by atoms with E-state index in [9.17, 15) is 18.0 Å². The molecule has 0 fully saturated rings. The summed E-state index contributed by atoms with van der Waals surface area (Å²) >= 11 is 1.25. The van der Waals surface area contributed by atoms with Crippen LogP contribution in [0.4, 0.5) is 0 Å². The summed E-state index contributed by atoms with van der Waals surface area (Å²) in [6.07, 6.45) is 2.02. The Morgan fingerprint density at radius 2 is 1.93 bits per heavy atom. The fourth-order valence-electron chi connectivity index (χ4n) is 2.54. The van der Waals surface area contributed by atoms with Gasteiger partial charge in [0.25, 0.3) is 5.56 Å². The SMILES string of the molecule is CSc1nc(COC(=O)[C@@H](CC(C)C)NS(=O)(=O)c2ccc(C)cc2)cc(=O)[nH]1. The van der Waals surface area contributed by atoms with Crippen molar-refractivity contribution in [1.29, 1.82) is 0 Å². The summed E-state index contributed by atoms with van der Waals surface area (Å²) in [6, 6.07) is 6.53. The van der Waals surface area contributed by atoms with E-state index < -0.39 is 22.0 Å². The molecule has 1 heterocycles. The van der Waals surface area contributed by atoms with Crippen molar-refractivity contribution in [3.63, 3.8) is 0 Å². The molecule has 0 spiro atoms. The Hall–Kier alpha value is -2.17. The van der Waals surface area contributed by atoms with Gasteiger partial charge in [-0.1, -0.05) is 43.3 Å². The quantitative estimate of drug-likeness (QED) is 0.349. The molecule has 0 saturated carbocycles. The van der Waals surface area contributed by atoms with Gasteiger partial charge < -0.3 is 9.72 Å². The van der Waals surface area contributed by atoms with Gasteiger partial charge in [0.2, 0.25) is 10.0 Å². The van der Waals surface area contributed by atoms with Crippen LogP contribution in [-0.4, -0.2) is 36.7 Å². The van der Waals surface area contributed by atoms with Crippen LogP contribution in [0.5, 0.6) is 0 Å². The lowest BCUT2D eigenvalue weighted by molar-refractivity contribution is -0.147. The van der Waals surface area contributed by atoms with Crippen LogP contribution in [0.2, 0.25) is 0 Å². The lowest BCUT2D eigenvalue weighted by atomic mass is 10.1. The summed E-state index contributed by atoms with van der Waals surface area (Å²) in [4.78, 5) is 31.0. The van der Waals surface area contributed by atoms with Crippen LogP contribution in [-0.2, 0) is 26.2 Å². The maximum atomic E-state index is 12.7. The number of thioether (sulfide) groups is 1. The molecule has 1 aromatic heterocycles. The first-order valence-electron chi connectivity index (χ1n) is 9.00. The molecule has 0 aliphatic heterocycles. The standard InChI is InChI=1S/C19H25N3O5S2/c1-12(2)9-16(22-29(25,26)15-7-5-13(3)6-8-15)18(24)27-11-14-10-17(23)21-19(20-14)28-4/h5-8,10,12,16,22H,9,11H2,1-4H3,(H,20,21,23)/t16-/m1/s1. The van der Waals surface area contributed by atoms with Crippen LogP contribution < -0.4 is 10.3 Å². The van der Waals surface area contributed by atoms with Crippen molar-refractivity contribution in [3.8, 4) is 0 Å². The number of carbonyl (C=O) groups excluding carboxylic acids is 1. The highest BCUT2D eigenvalue weighted by atomic mass is 32.2. The second kappa shape index (κ2) is 10.0. The number of ether oxygens (including phenoxy) is 1. The Bertz CT molecular complexity index is 1000. The van der Waals surface area contributed by atoms with Gasteiger partial charge in [0, 0.05) is 6.07 Å². The third-order valence-electron chi connectivity index (χ3n) is 3.95. The van der Waals surface area contributed by atoms with Gasteiger partial charge in [-0.25, -0.2) is 13.4 Å². The third-order valence-corrected chi connectivity index (χ3v) is 6.02. The average molecular weight is 440 g/mol. The number of hydrogen-bond acceptors (Lipinski definition) is 7. The molecular formula is C19H25N3O5S2. The molecule has 8 nitrogen and oxygen atoms in total. The largest absolute Gasteiger partial charge is 0.458 e. The molecule has 0 aliphatic carbocycles. The Balaban J connectivity index is 2.14. The van der Waals surface area contributed by atoms with Gasteiger partial charge in [-0.2, -0.15) is 4.72 Å². The fourth-order valence-corrected chi connectivity index (χ4v) is 4.15. The van der Waals surface area contributed by atoms with E-state index in [1.807, 2.05) is 20.8 Å². The van der Waals surface area contributed by atoms with Gasteiger partial charge in [0.05, 0.1) is 10.6 Å². The zero-order valence-electron chi connectivity index (χ0n) is 16.8. The molecule has 2 N–H and O–H groups in total. The van der Waals surface area contributed by atoms with Crippen LogP contribution in [0, 0.1) is 12.8 Å². The van der Waals surface area contributed by atoms with Gasteiger partial charge in [-0.05, 0) is 37.7 Å². The zero-order valence-corrected chi connectivity index (χ0v) is 18.4. The molecule has 10 heteroatoms. The maximum absolute atomic E-state index is 12.7. The molecule has 1 atom stereocenters. The number of esters is 1. The van der Waals surface area contributed by atoms with Crippen molar-refractivity contribution in [1.82, 2.24) is 14.7 Å². The first-order chi connectivity index (χ1) is 13.6. The smallest absolute Gasteiger partial charge is 0.324 e. The number of aryl methyl sites for hydroxylation is 1. The highest BCUT2D eigenvalue weighted by molar-refractivity contribution is 7.98. The molecule has 2 rings (SSSR count). The van der Waals surface area contributed by atoms with Gasteiger partial charge in [-0.15, -0.1) is 0 Å². The minimum Gasteiger partial charge on any atom is -0.458 e. The molecule has 0 saturated heterocycles. The van der Waals surface area contributed by atoms with Gasteiger partial charge in [0.15, 0.2) is 5.16 Å². The van der Waals surface area contributed by atoms with Crippen LogP contribution in [0.15, 0.2) is 45.2 Å². The predicted octanol–water partition coefficient (Wildman–Crippen LogP) is 2.24. The second-order valence-electron chi connectivity index (χ2n) is 6.97. The number of benzene rings is 1. The van der Waals surface area contributed by atoms with Gasteiger partial charge in [-0.3, -0.25) is 9.59 Å². The molecule has 2 aromatic rings. The van der Waals surface area contributed by atoms with E-state index in [4.69, 9.17) is 4.74 Å². The van der Waals surface area contributed by atoms with E-state index in [0.29, 0.717) is 5.16 Å². The number of nitrogens with zero attached hydrogens (tertiary/aromatic N) is 1. The Kier molecular flexibility index (Phi) is 8.00. The van der Waals surface area contributed by atoms with E-state index in [2.05, 4.69) is 14.7 Å². The van der Waals surface area contributed by atoms with Crippen molar-refractivity contribution < 1.29 is 17.9 Å². The summed E-state index contributed by atoms with van der Waals surface area (Å²) in [6.45, 7) is 5.39. The van der Waals surface area contributed by atoms with Crippen LogP contribution in [0.25, 0.3) is 0 Å².